The fourth-order valence-electron chi connectivity index (χ4n) is 2.42. The molecule has 0 aromatic heterocycles. The Morgan fingerprint density at radius 1 is 0.731 bits per heavy atom. The molecule has 0 aliphatic heterocycles. The molecule has 10 heteroatoms. The maximum absolute atomic E-state index is 12.5. The first-order chi connectivity index (χ1) is 12.1. The molecule has 0 unspecified atom stereocenters. The van der Waals surface area contributed by atoms with E-state index < -0.39 is 41.4 Å². The van der Waals surface area contributed by atoms with Gasteiger partial charge >= 0.3 is 0 Å². The van der Waals surface area contributed by atoms with Gasteiger partial charge in [0, 0.05) is 5.69 Å². The van der Waals surface area contributed by atoms with Crippen LogP contribution in [0, 0.1) is 0 Å². The van der Waals surface area contributed by atoms with Crippen LogP contribution in [0.15, 0.2) is 64.4 Å². The second kappa shape index (κ2) is 6.16. The lowest BCUT2D eigenvalue weighted by Gasteiger charge is -2.11. The summed E-state index contributed by atoms with van der Waals surface area (Å²) in [7, 11) is -8.88. The van der Waals surface area contributed by atoms with Crippen LogP contribution in [0.3, 0.4) is 0 Å². The lowest BCUT2D eigenvalue weighted by Crippen LogP contribution is -2.13. The molecule has 0 saturated carbocycles. The molecule has 26 heavy (non-hydrogen) atoms. The Balaban J connectivity index is 2.17. The van der Waals surface area contributed by atoms with Crippen molar-refractivity contribution in [1.82, 2.24) is 0 Å². The van der Waals surface area contributed by atoms with E-state index in [0.29, 0.717) is 0 Å². The average Bonchev–Trinajstić information content (AvgIpc) is 2.53. The smallest absolute Gasteiger partial charge is 0.298 e. The molecule has 4 N–H and O–H groups in total. The third-order valence-corrected chi connectivity index (χ3v) is 5.88. The van der Waals surface area contributed by atoms with Gasteiger partial charge in [0.15, 0.2) is 0 Å². The van der Waals surface area contributed by atoms with E-state index in [-0.39, 0.29) is 16.5 Å². The van der Waals surface area contributed by atoms with Gasteiger partial charge in [-0.2, -0.15) is 8.42 Å². The number of phenols is 2. The molecule has 0 fully saturated rings. The summed E-state index contributed by atoms with van der Waals surface area (Å²) in [5, 5.41) is 20.1. The molecule has 136 valence electrons. The number of benzene rings is 3. The van der Waals surface area contributed by atoms with Crippen LogP contribution in [-0.4, -0.2) is 31.6 Å². The van der Waals surface area contributed by atoms with Crippen molar-refractivity contribution < 1.29 is 31.6 Å². The molecule has 0 amide bonds. The predicted octanol–water partition coefficient (Wildman–Crippen LogP) is 2.30. The highest BCUT2D eigenvalue weighted by Crippen LogP contribution is 2.34. The van der Waals surface area contributed by atoms with Crippen molar-refractivity contribution in [3.05, 3.63) is 54.6 Å². The Labute approximate surface area is 149 Å². The number of nitrogens with one attached hydrogen (secondary N) is 1. The number of phenolic OH excluding ortho intramolecular Hbond substituents is 2. The van der Waals surface area contributed by atoms with Crippen LogP contribution in [0.25, 0.3) is 10.8 Å². The minimum Gasteiger partial charge on any atom is -0.506 e. The third kappa shape index (κ3) is 3.43. The van der Waals surface area contributed by atoms with Gasteiger partial charge in [0.1, 0.15) is 21.3 Å². The zero-order chi connectivity index (χ0) is 19.1. The van der Waals surface area contributed by atoms with Crippen LogP contribution >= 0.6 is 0 Å². The van der Waals surface area contributed by atoms with E-state index in [1.54, 1.807) is 18.2 Å². The van der Waals surface area contributed by atoms with E-state index in [1.165, 1.54) is 12.1 Å². The predicted molar refractivity (Wildman–Crippen MR) is 94.3 cm³/mol. The summed E-state index contributed by atoms with van der Waals surface area (Å²) in [5.74, 6) is -1.31. The van der Waals surface area contributed by atoms with Crippen molar-refractivity contribution in [3.63, 3.8) is 0 Å². The minimum absolute atomic E-state index is 0.0849. The minimum atomic E-state index is -4.71. The molecular weight excluding hydrogens is 382 g/mol. The van der Waals surface area contributed by atoms with Gasteiger partial charge in [-0.25, -0.2) is 8.42 Å². The Kier molecular flexibility index (Phi) is 4.26. The fraction of sp³-hybridized carbons (Fsp3) is 0. The summed E-state index contributed by atoms with van der Waals surface area (Å²) in [5.41, 5.74) is 0.274. The van der Waals surface area contributed by atoms with Crippen molar-refractivity contribution in [2.45, 2.75) is 9.79 Å². The number of aromatic hydroxyl groups is 2. The van der Waals surface area contributed by atoms with Crippen LogP contribution in [0.4, 0.5) is 5.69 Å². The monoisotopic (exact) mass is 395 g/mol. The maximum Gasteiger partial charge on any atom is 0.298 e. The number of fused-ring (bicyclic) bond motifs is 1. The molecule has 3 aromatic carbocycles. The highest BCUT2D eigenvalue weighted by atomic mass is 32.2. The summed E-state index contributed by atoms with van der Waals surface area (Å²) < 4.78 is 59.1. The van der Waals surface area contributed by atoms with E-state index in [0.717, 1.165) is 24.3 Å². The first kappa shape index (κ1) is 18.0. The topological polar surface area (TPSA) is 141 Å². The van der Waals surface area contributed by atoms with Crippen LogP contribution in [-0.2, 0) is 20.1 Å². The maximum atomic E-state index is 12.5. The Bertz CT molecular complexity index is 1200. The molecule has 0 heterocycles. The molecule has 3 aromatic rings. The number of hydrogen-bond acceptors (Lipinski definition) is 6. The lowest BCUT2D eigenvalue weighted by atomic mass is 10.1. The molecule has 0 aliphatic carbocycles. The van der Waals surface area contributed by atoms with Crippen molar-refractivity contribution in [1.29, 1.82) is 0 Å². The van der Waals surface area contributed by atoms with Gasteiger partial charge in [-0.3, -0.25) is 9.27 Å². The highest BCUT2D eigenvalue weighted by Gasteiger charge is 2.22. The summed E-state index contributed by atoms with van der Waals surface area (Å²) in [6.07, 6.45) is 0. The Hall–Kier alpha value is -2.82. The van der Waals surface area contributed by atoms with E-state index in [2.05, 4.69) is 4.72 Å². The highest BCUT2D eigenvalue weighted by molar-refractivity contribution is 7.92. The van der Waals surface area contributed by atoms with Crippen LogP contribution in [0.2, 0.25) is 0 Å². The van der Waals surface area contributed by atoms with E-state index in [9.17, 15) is 27.0 Å². The quantitative estimate of drug-likeness (QED) is 0.497. The number of sulfonamides is 1. The molecule has 0 bridgehead atoms. The van der Waals surface area contributed by atoms with Crippen LogP contribution in [0.5, 0.6) is 11.5 Å². The first-order valence-electron chi connectivity index (χ1n) is 7.13. The third-order valence-electron chi connectivity index (χ3n) is 3.59. The van der Waals surface area contributed by atoms with Gasteiger partial charge in [-0.15, -0.1) is 0 Å². The van der Waals surface area contributed by atoms with Crippen LogP contribution < -0.4 is 4.72 Å². The molecule has 0 aliphatic rings. The Morgan fingerprint density at radius 2 is 1.23 bits per heavy atom. The lowest BCUT2D eigenvalue weighted by molar-refractivity contribution is 0.444. The zero-order valence-electron chi connectivity index (χ0n) is 13.0. The van der Waals surface area contributed by atoms with E-state index in [4.69, 9.17) is 4.55 Å². The van der Waals surface area contributed by atoms with Crippen molar-refractivity contribution >= 4 is 36.6 Å². The van der Waals surface area contributed by atoms with Gasteiger partial charge in [0.05, 0.1) is 0 Å². The number of anilines is 1. The average molecular weight is 395 g/mol. The molecule has 0 spiro atoms. The van der Waals surface area contributed by atoms with Crippen molar-refractivity contribution in [2.24, 2.45) is 0 Å². The van der Waals surface area contributed by atoms with Crippen LogP contribution in [0.1, 0.15) is 0 Å². The number of hydrogen-bond donors (Lipinski definition) is 4. The molecule has 0 saturated heterocycles. The number of rotatable bonds is 4. The van der Waals surface area contributed by atoms with Gasteiger partial charge < -0.3 is 10.2 Å². The zero-order valence-corrected chi connectivity index (χ0v) is 14.6. The summed E-state index contributed by atoms with van der Waals surface area (Å²) >= 11 is 0. The van der Waals surface area contributed by atoms with Gasteiger partial charge in [-0.05, 0) is 47.2 Å². The number of para-hydroxylation sites is 1. The van der Waals surface area contributed by atoms with E-state index in [1.807, 2.05) is 0 Å². The van der Waals surface area contributed by atoms with E-state index >= 15 is 0 Å². The summed E-state index contributed by atoms with van der Waals surface area (Å²) in [6, 6.07) is 12.0. The van der Waals surface area contributed by atoms with Crippen molar-refractivity contribution in [3.8, 4) is 11.5 Å². The standard InChI is InChI=1S/C16H13NO7S2/c18-13-6-10-7-14(19)16(26(22,23)24)9-11(10)8-15(13)25(20,21)17-12-4-2-1-3-5-12/h1-9,17-19H,(H,22,23,24). The second-order valence-corrected chi connectivity index (χ2v) is 8.47. The Morgan fingerprint density at radius 3 is 1.81 bits per heavy atom. The first-order valence-corrected chi connectivity index (χ1v) is 10.1. The SMILES string of the molecule is O=S(=O)(O)c1cc2cc(S(=O)(=O)Nc3ccccc3)c(O)cc2cc1O. The summed E-state index contributed by atoms with van der Waals surface area (Å²) in [4.78, 5) is -1.25. The summed E-state index contributed by atoms with van der Waals surface area (Å²) in [6.45, 7) is 0. The largest absolute Gasteiger partial charge is 0.506 e. The molecule has 8 nitrogen and oxygen atoms in total. The molecule has 3 rings (SSSR count). The van der Waals surface area contributed by atoms with Gasteiger partial charge in [0.25, 0.3) is 20.1 Å². The normalized spacial score (nSPS) is 12.2. The molecular formula is C16H13NO7S2. The van der Waals surface area contributed by atoms with Crippen molar-refractivity contribution in [2.75, 3.05) is 4.72 Å². The second-order valence-electron chi connectivity index (χ2n) is 5.43. The molecule has 0 radical (unpaired) electrons. The molecule has 0 atom stereocenters. The van der Waals surface area contributed by atoms with Gasteiger partial charge in [-0.1, -0.05) is 18.2 Å². The fourth-order valence-corrected chi connectivity index (χ4v) is 4.19. The van der Waals surface area contributed by atoms with Gasteiger partial charge in [0.2, 0.25) is 0 Å².